The molecule has 0 unspecified atom stereocenters. The average Bonchev–Trinajstić information content (AvgIpc) is 3.02. The van der Waals surface area contributed by atoms with Crippen LogP contribution in [0.2, 0.25) is 0 Å². The Hall–Kier alpha value is -1.93. The summed E-state index contributed by atoms with van der Waals surface area (Å²) >= 11 is 0. The van der Waals surface area contributed by atoms with E-state index in [0.717, 1.165) is 5.57 Å². The van der Waals surface area contributed by atoms with Gasteiger partial charge >= 0.3 is 17.9 Å². The number of carbonyl (C=O) groups excluding carboxylic acids is 3. The SMILES string of the molecule is CC(=O)O[C@H]1CC[C@@]2(C)C(=CC[C@@H]3[C@@H]2[C@H](O)[C@@H](OC(C)=O)[C@]2(C)[C@@H]([C@@H](C)OC(C)=O)CC[C@]32O)C1. The number of esters is 3. The Kier molecular flexibility index (Phi) is 6.63. The highest BCUT2D eigenvalue weighted by molar-refractivity contribution is 5.67. The van der Waals surface area contributed by atoms with E-state index in [1.807, 2.05) is 13.8 Å². The summed E-state index contributed by atoms with van der Waals surface area (Å²) in [4.78, 5) is 35.5. The van der Waals surface area contributed by atoms with Crippen molar-refractivity contribution < 1.29 is 38.8 Å². The Bertz CT molecular complexity index is 928. The van der Waals surface area contributed by atoms with Gasteiger partial charge in [-0.15, -0.1) is 0 Å². The van der Waals surface area contributed by atoms with Gasteiger partial charge in [0.1, 0.15) is 18.3 Å². The highest BCUT2D eigenvalue weighted by Crippen LogP contribution is 2.69. The lowest BCUT2D eigenvalue weighted by molar-refractivity contribution is -0.276. The lowest BCUT2D eigenvalue weighted by atomic mass is 9.44. The first-order valence-electron chi connectivity index (χ1n) is 12.9. The molecule has 0 saturated heterocycles. The van der Waals surface area contributed by atoms with E-state index in [4.69, 9.17) is 14.2 Å². The molecular weight excluding hydrogens is 452 g/mol. The first kappa shape index (κ1) is 26.1. The molecule has 0 aliphatic heterocycles. The number of hydrogen-bond acceptors (Lipinski definition) is 8. The molecule has 0 aromatic carbocycles. The van der Waals surface area contributed by atoms with Crippen molar-refractivity contribution in [2.75, 3.05) is 0 Å². The molecule has 4 aliphatic carbocycles. The maximum absolute atomic E-state index is 12.5. The van der Waals surface area contributed by atoms with Crippen LogP contribution in [0.25, 0.3) is 0 Å². The largest absolute Gasteiger partial charge is 0.463 e. The minimum absolute atomic E-state index is 0.192. The van der Waals surface area contributed by atoms with Crippen LogP contribution in [-0.2, 0) is 28.6 Å². The molecular formula is C27H40O8. The van der Waals surface area contributed by atoms with Gasteiger partial charge in [0, 0.05) is 44.4 Å². The molecule has 0 spiro atoms. The van der Waals surface area contributed by atoms with Gasteiger partial charge in [0.2, 0.25) is 0 Å². The molecule has 2 N–H and O–H groups in total. The van der Waals surface area contributed by atoms with Gasteiger partial charge in [0.25, 0.3) is 0 Å². The highest BCUT2D eigenvalue weighted by atomic mass is 16.6. The smallest absolute Gasteiger partial charge is 0.303 e. The van der Waals surface area contributed by atoms with E-state index in [-0.39, 0.29) is 29.8 Å². The second-order valence-corrected chi connectivity index (χ2v) is 11.7. The fraction of sp³-hybridized carbons (Fsp3) is 0.815. The molecule has 8 heteroatoms. The number of aliphatic hydroxyl groups is 2. The van der Waals surface area contributed by atoms with E-state index >= 15 is 0 Å². The van der Waals surface area contributed by atoms with Crippen molar-refractivity contribution in [3.63, 3.8) is 0 Å². The van der Waals surface area contributed by atoms with Gasteiger partial charge in [0.15, 0.2) is 0 Å². The second-order valence-electron chi connectivity index (χ2n) is 11.7. The van der Waals surface area contributed by atoms with E-state index in [1.165, 1.54) is 20.8 Å². The average molecular weight is 493 g/mol. The third-order valence-corrected chi connectivity index (χ3v) is 9.92. The van der Waals surface area contributed by atoms with E-state index in [1.54, 1.807) is 0 Å². The predicted molar refractivity (Wildman–Crippen MR) is 126 cm³/mol. The van der Waals surface area contributed by atoms with Gasteiger partial charge in [-0.1, -0.05) is 25.5 Å². The fourth-order valence-electron chi connectivity index (χ4n) is 8.49. The Balaban J connectivity index is 1.77. The van der Waals surface area contributed by atoms with Crippen LogP contribution in [0.3, 0.4) is 0 Å². The van der Waals surface area contributed by atoms with Gasteiger partial charge in [-0.05, 0) is 50.4 Å². The van der Waals surface area contributed by atoms with Gasteiger partial charge in [-0.2, -0.15) is 0 Å². The monoisotopic (exact) mass is 492 g/mol. The molecule has 4 rings (SSSR count). The van der Waals surface area contributed by atoms with E-state index in [0.29, 0.717) is 38.5 Å². The van der Waals surface area contributed by atoms with E-state index < -0.39 is 46.7 Å². The normalized spacial score (nSPS) is 45.2. The molecule has 35 heavy (non-hydrogen) atoms. The summed E-state index contributed by atoms with van der Waals surface area (Å²) < 4.78 is 16.9. The number of hydrogen-bond donors (Lipinski definition) is 2. The van der Waals surface area contributed by atoms with Crippen LogP contribution < -0.4 is 0 Å². The standard InChI is InChI=1S/C27H40O8/c1-14(33-15(2)28)20-10-12-27(32)21-8-7-18-13-19(34-16(3)29)9-11-25(18,5)22(21)23(31)24(26(20,27)6)35-17(4)30/h7,14,19-24,31-32H,8-13H2,1-6H3/t14-,19+,20-,21-,22-,23+,24-,25+,26+,27+/m1/s1. The lowest BCUT2D eigenvalue weighted by Crippen LogP contribution is -2.72. The fourth-order valence-corrected chi connectivity index (χ4v) is 8.49. The van der Waals surface area contributed by atoms with Crippen molar-refractivity contribution in [1.82, 2.24) is 0 Å². The number of rotatable bonds is 4. The Morgan fingerprint density at radius 2 is 1.69 bits per heavy atom. The minimum Gasteiger partial charge on any atom is -0.463 e. The number of fused-ring (bicyclic) bond motifs is 5. The molecule has 8 nitrogen and oxygen atoms in total. The Morgan fingerprint density at radius 1 is 1.03 bits per heavy atom. The summed E-state index contributed by atoms with van der Waals surface area (Å²) in [5, 5.41) is 24.4. The topological polar surface area (TPSA) is 119 Å². The minimum atomic E-state index is -1.21. The van der Waals surface area contributed by atoms with Crippen molar-refractivity contribution in [3.8, 4) is 0 Å². The first-order valence-corrected chi connectivity index (χ1v) is 12.9. The number of aliphatic hydroxyl groups excluding tert-OH is 1. The third-order valence-electron chi connectivity index (χ3n) is 9.92. The zero-order chi connectivity index (χ0) is 25.9. The van der Waals surface area contributed by atoms with Crippen molar-refractivity contribution >= 4 is 17.9 Å². The van der Waals surface area contributed by atoms with Gasteiger partial charge in [-0.3, -0.25) is 14.4 Å². The van der Waals surface area contributed by atoms with E-state index in [2.05, 4.69) is 13.0 Å². The summed E-state index contributed by atoms with van der Waals surface area (Å²) in [5.41, 5.74) is -1.50. The summed E-state index contributed by atoms with van der Waals surface area (Å²) in [6.45, 7) is 9.90. The Morgan fingerprint density at radius 3 is 2.29 bits per heavy atom. The zero-order valence-electron chi connectivity index (χ0n) is 21.7. The molecule has 3 saturated carbocycles. The summed E-state index contributed by atoms with van der Waals surface area (Å²) in [5.74, 6) is -2.08. The van der Waals surface area contributed by atoms with Crippen molar-refractivity contribution in [2.24, 2.45) is 28.6 Å². The third kappa shape index (κ3) is 3.91. The lowest BCUT2D eigenvalue weighted by Gasteiger charge is -2.64. The molecule has 10 atom stereocenters. The molecule has 0 amide bonds. The number of carbonyl (C=O) groups is 3. The predicted octanol–water partition coefficient (Wildman–Crippen LogP) is 3.08. The van der Waals surface area contributed by atoms with Crippen LogP contribution in [0.1, 0.15) is 80.1 Å². The Labute approximate surface area is 207 Å². The van der Waals surface area contributed by atoms with Crippen molar-refractivity contribution in [3.05, 3.63) is 11.6 Å². The van der Waals surface area contributed by atoms with Gasteiger partial charge in [0.05, 0.1) is 11.7 Å². The van der Waals surface area contributed by atoms with Gasteiger partial charge < -0.3 is 24.4 Å². The van der Waals surface area contributed by atoms with Crippen LogP contribution in [-0.4, -0.2) is 58.1 Å². The van der Waals surface area contributed by atoms with Crippen molar-refractivity contribution in [2.45, 2.75) is 110 Å². The summed E-state index contributed by atoms with van der Waals surface area (Å²) in [7, 11) is 0. The molecule has 0 aromatic rings. The van der Waals surface area contributed by atoms with Crippen LogP contribution in [0.5, 0.6) is 0 Å². The maximum atomic E-state index is 12.5. The maximum Gasteiger partial charge on any atom is 0.303 e. The molecule has 0 heterocycles. The number of ether oxygens (including phenoxy) is 3. The molecule has 0 bridgehead atoms. The summed E-state index contributed by atoms with van der Waals surface area (Å²) in [6.07, 6.45) is 3.14. The number of allylic oxidation sites excluding steroid dienone is 1. The first-order chi connectivity index (χ1) is 16.3. The second kappa shape index (κ2) is 8.87. The highest BCUT2D eigenvalue weighted by Gasteiger charge is 2.74. The molecule has 4 aliphatic rings. The molecule has 0 aromatic heterocycles. The van der Waals surface area contributed by atoms with Crippen molar-refractivity contribution in [1.29, 1.82) is 0 Å². The molecule has 196 valence electrons. The van der Waals surface area contributed by atoms with Crippen LogP contribution in [0.4, 0.5) is 0 Å². The van der Waals surface area contributed by atoms with Crippen LogP contribution >= 0.6 is 0 Å². The van der Waals surface area contributed by atoms with Crippen LogP contribution in [0, 0.1) is 28.6 Å². The summed E-state index contributed by atoms with van der Waals surface area (Å²) in [6, 6.07) is 0. The quantitative estimate of drug-likeness (QED) is 0.349. The van der Waals surface area contributed by atoms with E-state index in [9.17, 15) is 24.6 Å². The molecule has 0 radical (unpaired) electrons. The van der Waals surface area contributed by atoms with Crippen LogP contribution in [0.15, 0.2) is 11.6 Å². The molecule has 3 fully saturated rings. The van der Waals surface area contributed by atoms with Gasteiger partial charge in [-0.25, -0.2) is 0 Å². The zero-order valence-corrected chi connectivity index (χ0v) is 21.7.